The number of hydrogen-bond donors (Lipinski definition) is 3. The molecule has 0 aliphatic carbocycles. The van der Waals surface area contributed by atoms with E-state index in [9.17, 15) is 14.4 Å². The molecule has 0 saturated heterocycles. The first-order chi connectivity index (χ1) is 16.1. The lowest BCUT2D eigenvalue weighted by atomic mass is 10.0. The van der Waals surface area contributed by atoms with Gasteiger partial charge in [0.05, 0.1) is 12.5 Å². The maximum Gasteiger partial charge on any atom is 0.328 e. The van der Waals surface area contributed by atoms with Crippen LogP contribution in [-0.2, 0) is 19.1 Å². The second-order valence-corrected chi connectivity index (χ2v) is 7.67. The normalized spacial score (nSPS) is 15.3. The Hall–Kier alpha value is -3.45. The number of carbonyl (C=O) groups is 3. The quantitative estimate of drug-likeness (QED) is 0.111. The summed E-state index contributed by atoms with van der Waals surface area (Å²) in [6.45, 7) is 3.88. The predicted molar refractivity (Wildman–Crippen MR) is 133 cm³/mol. The Bertz CT molecular complexity index is 854. The molecule has 2 unspecified atom stereocenters. The number of unbranched alkanes of at least 4 members (excludes halogenated alkanes) is 1. The fraction of sp³-hybridized carbons (Fsp3) is 0.370. The molecule has 2 atom stereocenters. The van der Waals surface area contributed by atoms with Crippen molar-refractivity contribution in [2.24, 2.45) is 5.92 Å². The molecule has 0 rings (SSSR count). The second kappa shape index (κ2) is 19.1. The predicted octanol–water partition coefficient (Wildman–Crippen LogP) is 5.50. The van der Waals surface area contributed by atoms with E-state index in [0.29, 0.717) is 6.42 Å². The number of carboxylic acids is 3. The van der Waals surface area contributed by atoms with Crippen LogP contribution in [0.25, 0.3) is 0 Å². The summed E-state index contributed by atoms with van der Waals surface area (Å²) in [5, 5.41) is 26.3. The summed E-state index contributed by atoms with van der Waals surface area (Å²) < 4.78 is 5.43. The van der Waals surface area contributed by atoms with Crippen molar-refractivity contribution in [2.75, 3.05) is 7.11 Å². The van der Waals surface area contributed by atoms with E-state index >= 15 is 0 Å². The molecule has 0 aromatic heterocycles. The highest BCUT2D eigenvalue weighted by Crippen LogP contribution is 2.12. The van der Waals surface area contributed by atoms with Gasteiger partial charge in [-0.15, -0.1) is 0 Å². The van der Waals surface area contributed by atoms with Gasteiger partial charge < -0.3 is 20.1 Å². The van der Waals surface area contributed by atoms with E-state index in [0.717, 1.165) is 37.0 Å². The van der Waals surface area contributed by atoms with Crippen LogP contribution in [0.15, 0.2) is 84.1 Å². The van der Waals surface area contributed by atoms with E-state index in [-0.39, 0.29) is 24.0 Å². The molecular formula is C27H36O7. The van der Waals surface area contributed by atoms with Crippen LogP contribution < -0.4 is 0 Å². The molecule has 0 saturated carbocycles. The largest absolute Gasteiger partial charge is 0.481 e. The number of rotatable bonds is 17. The number of aliphatic carboxylic acids is 3. The molecule has 0 bridgehead atoms. The van der Waals surface area contributed by atoms with Crippen LogP contribution in [0.5, 0.6) is 0 Å². The van der Waals surface area contributed by atoms with E-state index in [4.69, 9.17) is 20.1 Å². The summed E-state index contributed by atoms with van der Waals surface area (Å²) in [6.07, 6.45) is 23.6. The molecule has 0 amide bonds. The fourth-order valence-electron chi connectivity index (χ4n) is 2.79. The van der Waals surface area contributed by atoms with Gasteiger partial charge in [0, 0.05) is 19.3 Å². The summed E-state index contributed by atoms with van der Waals surface area (Å²) in [4.78, 5) is 32.1. The molecule has 0 fully saturated rings. The van der Waals surface area contributed by atoms with E-state index in [1.165, 1.54) is 6.08 Å². The van der Waals surface area contributed by atoms with Crippen LogP contribution in [0.4, 0.5) is 0 Å². The third-order valence-electron chi connectivity index (χ3n) is 4.60. The Kier molecular flexibility index (Phi) is 17.1. The molecule has 0 spiro atoms. The van der Waals surface area contributed by atoms with Gasteiger partial charge in [-0.25, -0.2) is 9.59 Å². The lowest BCUT2D eigenvalue weighted by Gasteiger charge is -2.13. The van der Waals surface area contributed by atoms with Crippen molar-refractivity contribution in [3.63, 3.8) is 0 Å². The third kappa shape index (κ3) is 18.2. The average Bonchev–Trinajstić information content (AvgIpc) is 2.74. The second-order valence-electron chi connectivity index (χ2n) is 7.67. The Labute approximate surface area is 201 Å². The lowest BCUT2D eigenvalue weighted by molar-refractivity contribution is -0.136. The van der Waals surface area contributed by atoms with Crippen molar-refractivity contribution < 1.29 is 34.4 Å². The molecule has 186 valence electrons. The lowest BCUT2D eigenvalue weighted by Crippen LogP contribution is -2.10. The van der Waals surface area contributed by atoms with Gasteiger partial charge >= 0.3 is 17.9 Å². The SMILES string of the molecule is COC(C/C=C\C=C\CC/C=C/CC(C)/C=C/C(=C\C(=O)O)CC(=O)O)/C(C)=C/C=C/C(=O)O. The van der Waals surface area contributed by atoms with Gasteiger partial charge in [0.25, 0.3) is 0 Å². The van der Waals surface area contributed by atoms with Crippen molar-refractivity contribution in [2.45, 2.75) is 52.1 Å². The van der Waals surface area contributed by atoms with Crippen LogP contribution in [0.2, 0.25) is 0 Å². The topological polar surface area (TPSA) is 121 Å². The van der Waals surface area contributed by atoms with Gasteiger partial charge in [0.1, 0.15) is 0 Å². The highest BCUT2D eigenvalue weighted by Gasteiger charge is 2.06. The van der Waals surface area contributed by atoms with E-state index < -0.39 is 17.9 Å². The minimum Gasteiger partial charge on any atom is -0.481 e. The minimum atomic E-state index is -1.16. The molecule has 3 N–H and O–H groups in total. The summed E-state index contributed by atoms with van der Waals surface area (Å²) in [5.74, 6) is -3.05. The standard InChI is InChI=1S/C27H36O7/c1-21(17-18-23(19-26(30)31)20-27(32)33)13-10-8-6-4-5-7-9-11-15-24(34-3)22(2)14-12-16-25(28)29/h5,7-12,14,16-19,21,24H,4,6,13,15,20H2,1-3H3,(H,28,29)(H,30,31)(H,32,33)/b7-5+,10-8+,11-9-,16-12+,18-17+,22-14+,23-19+. The van der Waals surface area contributed by atoms with Crippen LogP contribution >= 0.6 is 0 Å². The summed E-state index contributed by atoms with van der Waals surface area (Å²) in [6, 6.07) is 0. The van der Waals surface area contributed by atoms with Gasteiger partial charge in [-0.1, -0.05) is 67.7 Å². The van der Waals surface area contributed by atoms with Gasteiger partial charge in [0.2, 0.25) is 0 Å². The first kappa shape index (κ1) is 30.6. The third-order valence-corrected chi connectivity index (χ3v) is 4.60. The van der Waals surface area contributed by atoms with Gasteiger partial charge in [-0.05, 0) is 49.7 Å². The molecule has 7 nitrogen and oxygen atoms in total. The number of allylic oxidation sites excluding steroid dienone is 9. The maximum atomic E-state index is 10.8. The zero-order valence-electron chi connectivity index (χ0n) is 20.1. The number of ether oxygens (including phenoxy) is 1. The highest BCUT2D eigenvalue weighted by molar-refractivity contribution is 5.83. The van der Waals surface area contributed by atoms with Crippen LogP contribution in [0, 0.1) is 5.92 Å². The average molecular weight is 473 g/mol. The molecule has 34 heavy (non-hydrogen) atoms. The Morgan fingerprint density at radius 3 is 2.15 bits per heavy atom. The smallest absolute Gasteiger partial charge is 0.328 e. The van der Waals surface area contributed by atoms with E-state index in [1.807, 2.05) is 38.2 Å². The molecule has 0 aliphatic rings. The zero-order valence-corrected chi connectivity index (χ0v) is 20.1. The van der Waals surface area contributed by atoms with Crippen molar-refractivity contribution >= 4 is 17.9 Å². The Morgan fingerprint density at radius 1 is 0.853 bits per heavy atom. The summed E-state index contributed by atoms with van der Waals surface area (Å²) >= 11 is 0. The van der Waals surface area contributed by atoms with Gasteiger partial charge in [0.15, 0.2) is 0 Å². The Balaban J connectivity index is 4.34. The summed E-state index contributed by atoms with van der Waals surface area (Å²) in [7, 11) is 1.62. The molecule has 0 aromatic rings. The molecular weight excluding hydrogens is 436 g/mol. The van der Waals surface area contributed by atoms with E-state index in [1.54, 1.807) is 19.3 Å². The fourth-order valence-corrected chi connectivity index (χ4v) is 2.79. The van der Waals surface area contributed by atoms with Crippen molar-refractivity contribution in [3.05, 3.63) is 84.1 Å². The number of hydrogen-bond acceptors (Lipinski definition) is 4. The molecule has 0 aromatic carbocycles. The highest BCUT2D eigenvalue weighted by atomic mass is 16.5. The van der Waals surface area contributed by atoms with Gasteiger partial charge in [-0.2, -0.15) is 0 Å². The summed E-state index contributed by atoms with van der Waals surface area (Å²) in [5.41, 5.74) is 1.20. The van der Waals surface area contributed by atoms with Crippen molar-refractivity contribution in [1.82, 2.24) is 0 Å². The van der Waals surface area contributed by atoms with Gasteiger partial charge in [-0.3, -0.25) is 4.79 Å². The van der Waals surface area contributed by atoms with Crippen molar-refractivity contribution in [3.8, 4) is 0 Å². The Morgan fingerprint density at radius 2 is 1.53 bits per heavy atom. The molecule has 7 heteroatoms. The number of methoxy groups -OCH3 is 1. The minimum absolute atomic E-state index is 0.109. The molecule has 0 aliphatic heterocycles. The first-order valence-corrected chi connectivity index (χ1v) is 11.1. The van der Waals surface area contributed by atoms with Crippen LogP contribution in [-0.4, -0.2) is 46.4 Å². The van der Waals surface area contributed by atoms with E-state index in [2.05, 4.69) is 18.2 Å². The maximum absolute atomic E-state index is 10.8. The molecule has 0 radical (unpaired) electrons. The molecule has 0 heterocycles. The zero-order chi connectivity index (χ0) is 25.8. The van der Waals surface area contributed by atoms with Crippen molar-refractivity contribution in [1.29, 1.82) is 0 Å². The van der Waals surface area contributed by atoms with Crippen LogP contribution in [0.3, 0.4) is 0 Å². The monoisotopic (exact) mass is 472 g/mol. The number of carboxylic acid groups (broad SMARTS) is 3. The first-order valence-electron chi connectivity index (χ1n) is 11.1. The van der Waals surface area contributed by atoms with Crippen LogP contribution in [0.1, 0.15) is 46.0 Å².